The Balaban J connectivity index is 1.31. The van der Waals surface area contributed by atoms with Crippen LogP contribution < -0.4 is 5.32 Å². The number of aromatic carboxylic acids is 1. The van der Waals surface area contributed by atoms with Crippen molar-refractivity contribution in [3.05, 3.63) is 93.3 Å². The Morgan fingerprint density at radius 1 is 0.973 bits per heavy atom. The molecule has 37 heavy (non-hydrogen) atoms. The van der Waals surface area contributed by atoms with Gasteiger partial charge in [0.15, 0.2) is 0 Å². The molecule has 1 aliphatic rings. The lowest BCUT2D eigenvalue weighted by Gasteiger charge is -2.32. The van der Waals surface area contributed by atoms with Gasteiger partial charge in [-0.3, -0.25) is 9.59 Å². The first-order valence-electron chi connectivity index (χ1n) is 11.8. The highest BCUT2D eigenvalue weighted by Gasteiger charge is 2.26. The van der Waals surface area contributed by atoms with Crippen LogP contribution in [0.2, 0.25) is 5.02 Å². The number of phenols is 1. The van der Waals surface area contributed by atoms with Gasteiger partial charge in [0.05, 0.1) is 16.3 Å². The Kier molecular flexibility index (Phi) is 6.86. The third-order valence-electron chi connectivity index (χ3n) is 6.63. The smallest absolute Gasteiger partial charge is 0.337 e. The summed E-state index contributed by atoms with van der Waals surface area (Å²) in [5, 5.41) is 23.0. The molecular weight excluding hydrogens is 512 g/mol. The third-order valence-corrected chi connectivity index (χ3v) is 8.31. The molecule has 5 rings (SSSR count). The molecule has 3 aromatic carbocycles. The van der Waals surface area contributed by atoms with E-state index >= 15 is 0 Å². The second-order valence-corrected chi connectivity index (χ2v) is 10.3. The van der Waals surface area contributed by atoms with E-state index in [4.69, 9.17) is 11.6 Å². The van der Waals surface area contributed by atoms with E-state index in [1.54, 1.807) is 17.0 Å². The number of hydrogen-bond acceptors (Lipinski definition) is 5. The Bertz CT molecular complexity index is 1510. The first kappa shape index (κ1) is 24.8. The Hall–Kier alpha value is -3.88. The fraction of sp³-hybridized carbons (Fsp3) is 0.179. The summed E-state index contributed by atoms with van der Waals surface area (Å²) in [6, 6.07) is 18.8. The molecule has 7 nitrogen and oxygen atoms in total. The number of halogens is 1. The Morgan fingerprint density at radius 2 is 1.68 bits per heavy atom. The fourth-order valence-corrected chi connectivity index (χ4v) is 6.06. The monoisotopic (exact) mass is 534 g/mol. The lowest BCUT2D eigenvalue weighted by molar-refractivity contribution is 0.0698. The van der Waals surface area contributed by atoms with Crippen LogP contribution in [-0.2, 0) is 0 Å². The number of piperidine rings is 1. The molecule has 4 aromatic rings. The zero-order chi connectivity index (χ0) is 26.1. The van der Waals surface area contributed by atoms with Crippen molar-refractivity contribution in [2.24, 2.45) is 0 Å². The van der Waals surface area contributed by atoms with Crippen molar-refractivity contribution in [2.45, 2.75) is 18.8 Å². The molecule has 9 heteroatoms. The normalized spacial score (nSPS) is 14.0. The molecule has 0 bridgehead atoms. The Morgan fingerprint density at radius 3 is 2.35 bits per heavy atom. The summed E-state index contributed by atoms with van der Waals surface area (Å²) >= 11 is 7.63. The molecule has 1 aliphatic heterocycles. The average Bonchev–Trinajstić information content (AvgIpc) is 3.25. The first-order valence-corrected chi connectivity index (χ1v) is 12.9. The third kappa shape index (κ3) is 5.03. The predicted molar refractivity (Wildman–Crippen MR) is 144 cm³/mol. The lowest BCUT2D eigenvalue weighted by atomic mass is 9.89. The maximum Gasteiger partial charge on any atom is 0.337 e. The molecule has 2 heterocycles. The number of nitrogens with zero attached hydrogens (tertiary/aromatic N) is 1. The number of amides is 2. The summed E-state index contributed by atoms with van der Waals surface area (Å²) in [5.41, 5.74) is 1.29. The van der Waals surface area contributed by atoms with Crippen molar-refractivity contribution in [2.75, 3.05) is 18.4 Å². The SMILES string of the molecule is O=C(O)c1cc(C(=O)N2CCC(c3ccc(O)cc3)CC2)ccc1NC(=O)c1sc2ccccc2c1Cl. The van der Waals surface area contributed by atoms with Gasteiger partial charge >= 0.3 is 5.97 Å². The van der Waals surface area contributed by atoms with Gasteiger partial charge in [-0.15, -0.1) is 11.3 Å². The number of likely N-dealkylation sites (tertiary alicyclic amines) is 1. The number of aromatic hydroxyl groups is 1. The number of rotatable bonds is 5. The van der Waals surface area contributed by atoms with E-state index in [-0.39, 0.29) is 39.3 Å². The number of thiophene rings is 1. The summed E-state index contributed by atoms with van der Waals surface area (Å²) in [5.74, 6) is -1.51. The van der Waals surface area contributed by atoms with Crippen LogP contribution in [0.5, 0.6) is 5.75 Å². The number of phenolic OH excluding ortho intramolecular Hbond substituents is 1. The maximum atomic E-state index is 13.2. The van der Waals surface area contributed by atoms with Crippen molar-refractivity contribution >= 4 is 56.5 Å². The van der Waals surface area contributed by atoms with Crippen LogP contribution in [0.25, 0.3) is 10.1 Å². The maximum absolute atomic E-state index is 13.2. The van der Waals surface area contributed by atoms with E-state index in [2.05, 4.69) is 5.32 Å². The highest BCUT2D eigenvalue weighted by Crippen LogP contribution is 2.36. The molecule has 1 fully saturated rings. The van der Waals surface area contributed by atoms with Gasteiger partial charge in [-0.2, -0.15) is 0 Å². The Labute approximate surface area is 221 Å². The molecule has 0 spiro atoms. The van der Waals surface area contributed by atoms with Crippen LogP contribution in [0, 0.1) is 0 Å². The number of carbonyl (C=O) groups is 3. The predicted octanol–water partition coefficient (Wildman–Crippen LogP) is 6.23. The van der Waals surface area contributed by atoms with Crippen molar-refractivity contribution in [3.8, 4) is 5.75 Å². The van der Waals surface area contributed by atoms with E-state index in [9.17, 15) is 24.6 Å². The molecule has 0 unspecified atom stereocenters. The molecule has 1 saturated heterocycles. The van der Waals surface area contributed by atoms with Gasteiger partial charge in [-0.05, 0) is 60.7 Å². The number of carboxylic acids is 1. The van der Waals surface area contributed by atoms with E-state index < -0.39 is 11.9 Å². The van der Waals surface area contributed by atoms with Gasteiger partial charge in [0.1, 0.15) is 10.6 Å². The number of nitrogens with one attached hydrogen (secondary N) is 1. The summed E-state index contributed by atoms with van der Waals surface area (Å²) in [6.07, 6.45) is 1.54. The van der Waals surface area contributed by atoms with Gasteiger partial charge < -0.3 is 20.4 Å². The molecule has 188 valence electrons. The van der Waals surface area contributed by atoms with Crippen LogP contribution in [0.4, 0.5) is 5.69 Å². The van der Waals surface area contributed by atoms with Crippen LogP contribution in [0.15, 0.2) is 66.7 Å². The zero-order valence-electron chi connectivity index (χ0n) is 19.6. The molecule has 0 radical (unpaired) electrons. The van der Waals surface area contributed by atoms with Crippen molar-refractivity contribution in [1.29, 1.82) is 0 Å². The van der Waals surface area contributed by atoms with Crippen molar-refractivity contribution in [3.63, 3.8) is 0 Å². The first-order chi connectivity index (χ1) is 17.8. The zero-order valence-corrected chi connectivity index (χ0v) is 21.2. The lowest BCUT2D eigenvalue weighted by Crippen LogP contribution is -2.38. The van der Waals surface area contributed by atoms with Crippen molar-refractivity contribution in [1.82, 2.24) is 4.90 Å². The quantitative estimate of drug-likeness (QED) is 0.281. The average molecular weight is 535 g/mol. The summed E-state index contributed by atoms with van der Waals surface area (Å²) in [6.45, 7) is 1.07. The second kappa shape index (κ2) is 10.2. The van der Waals surface area contributed by atoms with Gasteiger partial charge in [0, 0.05) is 28.7 Å². The minimum Gasteiger partial charge on any atom is -0.508 e. The minimum absolute atomic E-state index is 0.0913. The molecule has 0 atom stereocenters. The summed E-state index contributed by atoms with van der Waals surface area (Å²) in [4.78, 5) is 40.1. The van der Waals surface area contributed by atoms with E-state index in [0.717, 1.165) is 28.5 Å². The molecule has 3 N–H and O–H groups in total. The largest absolute Gasteiger partial charge is 0.508 e. The number of carboxylic acid groups (broad SMARTS) is 1. The molecule has 0 aliphatic carbocycles. The number of benzene rings is 3. The second-order valence-electron chi connectivity index (χ2n) is 8.92. The molecule has 2 amide bonds. The minimum atomic E-state index is -1.25. The topological polar surface area (TPSA) is 107 Å². The summed E-state index contributed by atoms with van der Waals surface area (Å²) in [7, 11) is 0. The number of hydrogen-bond donors (Lipinski definition) is 3. The van der Waals surface area contributed by atoms with Crippen LogP contribution in [-0.4, -0.2) is 46.0 Å². The molecular formula is C28H23ClN2O5S. The molecule has 0 saturated carbocycles. The van der Waals surface area contributed by atoms with E-state index in [1.165, 1.54) is 29.5 Å². The fourth-order valence-electron chi connectivity index (χ4n) is 4.65. The van der Waals surface area contributed by atoms with E-state index in [0.29, 0.717) is 18.1 Å². The number of anilines is 1. The van der Waals surface area contributed by atoms with Crippen LogP contribution >= 0.6 is 22.9 Å². The van der Waals surface area contributed by atoms with Crippen LogP contribution in [0.1, 0.15) is 54.7 Å². The number of carbonyl (C=O) groups excluding carboxylic acids is 2. The van der Waals surface area contributed by atoms with Crippen molar-refractivity contribution < 1.29 is 24.6 Å². The van der Waals surface area contributed by atoms with E-state index in [1.807, 2.05) is 36.4 Å². The standard InChI is InChI=1S/C28H23ClN2O5S/c29-24-20-3-1-2-4-23(20)37-25(24)26(33)30-22-10-7-18(15-21(22)28(35)36)27(34)31-13-11-17(12-14-31)16-5-8-19(32)9-6-16/h1-10,15,17,32H,11-14H2,(H,30,33)(H,35,36). The van der Waals surface area contributed by atoms with Crippen LogP contribution in [0.3, 0.4) is 0 Å². The summed E-state index contributed by atoms with van der Waals surface area (Å²) < 4.78 is 0.853. The van der Waals surface area contributed by atoms with Gasteiger partial charge in [-0.25, -0.2) is 4.79 Å². The highest BCUT2D eigenvalue weighted by molar-refractivity contribution is 7.21. The van der Waals surface area contributed by atoms with Gasteiger partial charge in [-0.1, -0.05) is 41.9 Å². The number of fused-ring (bicyclic) bond motifs is 1. The highest BCUT2D eigenvalue weighted by atomic mass is 35.5. The molecule has 1 aromatic heterocycles. The van der Waals surface area contributed by atoms with Gasteiger partial charge in [0.2, 0.25) is 0 Å². The van der Waals surface area contributed by atoms with Gasteiger partial charge in [0.25, 0.3) is 11.8 Å².